The molecule has 0 fully saturated rings. The molecule has 0 spiro atoms. The summed E-state index contributed by atoms with van der Waals surface area (Å²) in [4.78, 5) is 6.21. The fourth-order valence-electron chi connectivity index (χ4n) is 1.96. The highest BCUT2D eigenvalue weighted by Crippen LogP contribution is 2.19. The molecular formula is C14H19Cl2FN4O2. The Bertz CT molecular complexity index is 612. The van der Waals surface area contributed by atoms with Crippen LogP contribution in [0.1, 0.15) is 17.3 Å². The molecule has 2 aromatic rings. The number of benzene rings is 1. The van der Waals surface area contributed by atoms with Gasteiger partial charge in [-0.3, -0.25) is 4.90 Å². The van der Waals surface area contributed by atoms with E-state index in [0.717, 1.165) is 5.56 Å². The van der Waals surface area contributed by atoms with Crippen LogP contribution in [0.15, 0.2) is 22.7 Å². The quantitative estimate of drug-likeness (QED) is 0.774. The molecule has 0 aliphatic carbocycles. The first kappa shape index (κ1) is 19.8. The monoisotopic (exact) mass is 364 g/mol. The normalized spacial score (nSPS) is 10.8. The Labute approximate surface area is 145 Å². The molecule has 128 valence electrons. The zero-order valence-electron chi connectivity index (χ0n) is 12.7. The van der Waals surface area contributed by atoms with Gasteiger partial charge in [-0.15, -0.1) is 12.4 Å². The highest BCUT2D eigenvalue weighted by Gasteiger charge is 2.13. The molecule has 0 aliphatic rings. The van der Waals surface area contributed by atoms with Crippen molar-refractivity contribution >= 4 is 24.0 Å². The second-order valence-electron chi connectivity index (χ2n) is 4.75. The number of methoxy groups -OCH3 is 1. The number of nitrogens with zero attached hydrogens (tertiary/aromatic N) is 3. The minimum absolute atomic E-state index is 0. The Morgan fingerprint density at radius 1 is 1.39 bits per heavy atom. The van der Waals surface area contributed by atoms with E-state index in [2.05, 4.69) is 10.1 Å². The Kier molecular flexibility index (Phi) is 8.43. The summed E-state index contributed by atoms with van der Waals surface area (Å²) in [5.74, 6) is 0.569. The summed E-state index contributed by atoms with van der Waals surface area (Å²) >= 11 is 6.07. The maximum absolute atomic E-state index is 13.1. The van der Waals surface area contributed by atoms with Crippen molar-refractivity contribution in [1.29, 1.82) is 0 Å². The van der Waals surface area contributed by atoms with Gasteiger partial charge in [-0.2, -0.15) is 4.98 Å². The fourth-order valence-corrected chi connectivity index (χ4v) is 2.19. The molecular weight excluding hydrogens is 346 g/mol. The summed E-state index contributed by atoms with van der Waals surface area (Å²) in [6.07, 6.45) is 0. The Morgan fingerprint density at radius 2 is 2.17 bits per heavy atom. The van der Waals surface area contributed by atoms with Crippen molar-refractivity contribution in [2.75, 3.05) is 20.3 Å². The van der Waals surface area contributed by atoms with Gasteiger partial charge in [0.05, 0.1) is 19.7 Å². The summed E-state index contributed by atoms with van der Waals surface area (Å²) in [6.45, 7) is 2.38. The molecule has 1 aromatic heterocycles. The predicted octanol–water partition coefficient (Wildman–Crippen LogP) is 2.39. The van der Waals surface area contributed by atoms with Crippen molar-refractivity contribution in [3.05, 3.63) is 46.3 Å². The van der Waals surface area contributed by atoms with Gasteiger partial charge in [-0.1, -0.05) is 22.8 Å². The van der Waals surface area contributed by atoms with Crippen LogP contribution in [-0.4, -0.2) is 35.3 Å². The standard InChI is InChI=1S/C14H18ClFN4O2.ClH/c1-21-5-4-20(9-13-18-14(7-17)22-19-13)8-10-2-3-11(16)6-12(10)15;/h2-3,6H,4-5,7-9,17H2,1H3;1H. The fraction of sp³-hybridized carbons (Fsp3) is 0.429. The van der Waals surface area contributed by atoms with Crippen LogP contribution >= 0.6 is 24.0 Å². The number of halogens is 3. The summed E-state index contributed by atoms with van der Waals surface area (Å²) in [7, 11) is 1.63. The molecule has 0 unspecified atom stereocenters. The third-order valence-electron chi connectivity index (χ3n) is 3.07. The van der Waals surface area contributed by atoms with Crippen LogP contribution in [0.25, 0.3) is 0 Å². The molecule has 0 amide bonds. The minimum atomic E-state index is -0.358. The molecule has 0 radical (unpaired) electrons. The number of ether oxygens (including phenoxy) is 1. The molecule has 1 aromatic carbocycles. The van der Waals surface area contributed by atoms with E-state index in [1.807, 2.05) is 4.90 Å². The van der Waals surface area contributed by atoms with Crippen LogP contribution in [0, 0.1) is 5.82 Å². The van der Waals surface area contributed by atoms with Gasteiger partial charge in [-0.05, 0) is 17.7 Å². The minimum Gasteiger partial charge on any atom is -0.383 e. The van der Waals surface area contributed by atoms with Gasteiger partial charge < -0.3 is 15.0 Å². The zero-order valence-corrected chi connectivity index (χ0v) is 14.2. The Balaban J connectivity index is 0.00000264. The summed E-state index contributed by atoms with van der Waals surface area (Å²) in [5, 5.41) is 4.26. The maximum Gasteiger partial charge on any atom is 0.240 e. The SMILES string of the molecule is COCCN(Cc1noc(CN)n1)Cc1ccc(F)cc1Cl.Cl. The zero-order chi connectivity index (χ0) is 15.9. The van der Waals surface area contributed by atoms with Crippen molar-refractivity contribution in [2.45, 2.75) is 19.6 Å². The van der Waals surface area contributed by atoms with Gasteiger partial charge in [0.1, 0.15) is 5.82 Å². The van der Waals surface area contributed by atoms with Crippen molar-refractivity contribution in [2.24, 2.45) is 5.73 Å². The molecule has 23 heavy (non-hydrogen) atoms. The van der Waals surface area contributed by atoms with E-state index in [4.69, 9.17) is 26.6 Å². The van der Waals surface area contributed by atoms with Crippen LogP contribution in [0.3, 0.4) is 0 Å². The lowest BCUT2D eigenvalue weighted by molar-refractivity contribution is 0.137. The lowest BCUT2D eigenvalue weighted by Crippen LogP contribution is -2.27. The number of nitrogens with two attached hydrogens (primary N) is 1. The van der Waals surface area contributed by atoms with Gasteiger partial charge in [0, 0.05) is 25.2 Å². The topological polar surface area (TPSA) is 77.4 Å². The smallest absolute Gasteiger partial charge is 0.240 e. The van der Waals surface area contributed by atoms with Crippen molar-refractivity contribution in [3.63, 3.8) is 0 Å². The molecule has 2 rings (SSSR count). The second-order valence-corrected chi connectivity index (χ2v) is 5.15. The van der Waals surface area contributed by atoms with Crippen molar-refractivity contribution in [3.8, 4) is 0 Å². The summed E-state index contributed by atoms with van der Waals surface area (Å²) < 4.78 is 23.2. The highest BCUT2D eigenvalue weighted by atomic mass is 35.5. The van der Waals surface area contributed by atoms with Gasteiger partial charge in [0.2, 0.25) is 5.89 Å². The molecule has 0 aliphatic heterocycles. The van der Waals surface area contributed by atoms with Crippen molar-refractivity contribution < 1.29 is 13.7 Å². The van der Waals surface area contributed by atoms with Gasteiger partial charge in [0.25, 0.3) is 0 Å². The molecule has 1 heterocycles. The number of rotatable bonds is 8. The van der Waals surface area contributed by atoms with Crippen LogP contribution in [-0.2, 0) is 24.4 Å². The Morgan fingerprint density at radius 3 is 2.78 bits per heavy atom. The van der Waals surface area contributed by atoms with E-state index in [9.17, 15) is 4.39 Å². The molecule has 9 heteroatoms. The molecule has 0 saturated carbocycles. The van der Waals surface area contributed by atoms with Gasteiger partial charge in [-0.25, -0.2) is 4.39 Å². The van der Waals surface area contributed by atoms with Crippen LogP contribution in [0.2, 0.25) is 5.02 Å². The first-order valence-electron chi connectivity index (χ1n) is 6.79. The molecule has 0 saturated heterocycles. The van der Waals surface area contributed by atoms with Gasteiger partial charge in [0.15, 0.2) is 5.82 Å². The molecule has 0 bridgehead atoms. The van der Waals surface area contributed by atoms with Crippen LogP contribution < -0.4 is 5.73 Å². The molecule has 0 atom stereocenters. The average molecular weight is 365 g/mol. The third-order valence-corrected chi connectivity index (χ3v) is 3.42. The largest absolute Gasteiger partial charge is 0.383 e. The lowest BCUT2D eigenvalue weighted by Gasteiger charge is -2.21. The van der Waals surface area contributed by atoms with Crippen LogP contribution in [0.4, 0.5) is 4.39 Å². The van der Waals surface area contributed by atoms with E-state index >= 15 is 0 Å². The van der Waals surface area contributed by atoms with Crippen LogP contribution in [0.5, 0.6) is 0 Å². The molecule has 2 N–H and O–H groups in total. The summed E-state index contributed by atoms with van der Waals surface area (Å²) in [6, 6.07) is 4.35. The van der Waals surface area contributed by atoms with E-state index in [1.165, 1.54) is 12.1 Å². The summed E-state index contributed by atoms with van der Waals surface area (Å²) in [5.41, 5.74) is 6.27. The second kappa shape index (κ2) is 9.79. The first-order chi connectivity index (χ1) is 10.6. The number of hydrogen-bond acceptors (Lipinski definition) is 6. The van der Waals surface area contributed by atoms with E-state index in [-0.39, 0.29) is 24.8 Å². The first-order valence-corrected chi connectivity index (χ1v) is 7.17. The maximum atomic E-state index is 13.1. The number of aromatic nitrogens is 2. The highest BCUT2D eigenvalue weighted by molar-refractivity contribution is 6.31. The van der Waals surface area contributed by atoms with Gasteiger partial charge >= 0.3 is 0 Å². The van der Waals surface area contributed by atoms with E-state index < -0.39 is 0 Å². The Hall–Kier alpha value is -1.25. The molecule has 6 nitrogen and oxygen atoms in total. The lowest BCUT2D eigenvalue weighted by atomic mass is 10.2. The number of hydrogen-bond donors (Lipinski definition) is 1. The average Bonchev–Trinajstić information content (AvgIpc) is 2.95. The van der Waals surface area contributed by atoms with E-state index in [0.29, 0.717) is 43.0 Å². The van der Waals surface area contributed by atoms with E-state index in [1.54, 1.807) is 13.2 Å². The predicted molar refractivity (Wildman–Crippen MR) is 86.8 cm³/mol. The van der Waals surface area contributed by atoms with Crippen molar-refractivity contribution in [1.82, 2.24) is 15.0 Å². The third kappa shape index (κ3) is 6.04.